The second-order valence-corrected chi connectivity index (χ2v) is 5.83. The SMILES string of the molecule is CC(O)(CNc1ncnc2c1cnn2-c1ccncc1)c1ccco1. The van der Waals surface area contributed by atoms with Gasteiger partial charge in [-0.1, -0.05) is 0 Å². The zero-order valence-electron chi connectivity index (χ0n) is 13.5. The van der Waals surface area contributed by atoms with Crippen LogP contribution in [0, 0.1) is 0 Å². The Balaban J connectivity index is 1.64. The molecule has 1 atom stereocenters. The van der Waals surface area contributed by atoms with Crippen molar-refractivity contribution in [2.45, 2.75) is 12.5 Å². The summed E-state index contributed by atoms with van der Waals surface area (Å²) in [5.41, 5.74) is 0.362. The summed E-state index contributed by atoms with van der Waals surface area (Å²) in [4.78, 5) is 12.6. The van der Waals surface area contributed by atoms with Crippen molar-refractivity contribution in [2.24, 2.45) is 0 Å². The summed E-state index contributed by atoms with van der Waals surface area (Å²) in [6.45, 7) is 1.91. The number of hydrogen-bond donors (Lipinski definition) is 2. The third-order valence-electron chi connectivity index (χ3n) is 3.93. The van der Waals surface area contributed by atoms with Gasteiger partial charge in [0.2, 0.25) is 0 Å². The fourth-order valence-electron chi connectivity index (χ4n) is 2.59. The molecule has 4 aromatic rings. The van der Waals surface area contributed by atoms with Gasteiger partial charge in [-0.05, 0) is 31.2 Å². The van der Waals surface area contributed by atoms with Crippen molar-refractivity contribution in [1.29, 1.82) is 0 Å². The van der Waals surface area contributed by atoms with Gasteiger partial charge in [0.05, 0.1) is 30.1 Å². The molecular weight excluding hydrogens is 320 g/mol. The molecule has 0 spiro atoms. The quantitative estimate of drug-likeness (QED) is 0.575. The summed E-state index contributed by atoms with van der Waals surface area (Å²) in [5, 5.41) is 18.9. The van der Waals surface area contributed by atoms with Crippen molar-refractivity contribution in [3.05, 3.63) is 61.2 Å². The zero-order chi connectivity index (χ0) is 17.3. The Bertz CT molecular complexity index is 979. The Labute approximate surface area is 143 Å². The van der Waals surface area contributed by atoms with E-state index in [2.05, 4.69) is 25.4 Å². The number of fused-ring (bicyclic) bond motifs is 1. The van der Waals surface area contributed by atoms with Gasteiger partial charge in [-0.15, -0.1) is 0 Å². The van der Waals surface area contributed by atoms with Crippen LogP contribution in [-0.2, 0) is 5.60 Å². The molecule has 0 bridgehead atoms. The van der Waals surface area contributed by atoms with Gasteiger partial charge in [-0.3, -0.25) is 4.98 Å². The fourth-order valence-corrected chi connectivity index (χ4v) is 2.59. The van der Waals surface area contributed by atoms with Gasteiger partial charge in [0.25, 0.3) is 0 Å². The molecule has 0 saturated carbocycles. The van der Waals surface area contributed by atoms with Crippen LogP contribution in [0.4, 0.5) is 5.82 Å². The average molecular weight is 336 g/mol. The van der Waals surface area contributed by atoms with Crippen LogP contribution >= 0.6 is 0 Å². The number of nitrogens with one attached hydrogen (secondary N) is 1. The number of pyridine rings is 1. The van der Waals surface area contributed by atoms with Crippen molar-refractivity contribution in [3.63, 3.8) is 0 Å². The van der Waals surface area contributed by atoms with E-state index >= 15 is 0 Å². The van der Waals surface area contributed by atoms with E-state index in [-0.39, 0.29) is 6.54 Å². The monoisotopic (exact) mass is 336 g/mol. The molecular formula is C17H16N6O2. The summed E-state index contributed by atoms with van der Waals surface area (Å²) in [6, 6.07) is 7.18. The highest BCUT2D eigenvalue weighted by molar-refractivity contribution is 5.87. The van der Waals surface area contributed by atoms with Crippen molar-refractivity contribution in [2.75, 3.05) is 11.9 Å². The minimum absolute atomic E-state index is 0.229. The van der Waals surface area contributed by atoms with Gasteiger partial charge >= 0.3 is 0 Å². The summed E-state index contributed by atoms with van der Waals surface area (Å²) in [7, 11) is 0. The number of rotatable bonds is 5. The molecule has 8 heteroatoms. The minimum atomic E-state index is -1.16. The molecule has 25 heavy (non-hydrogen) atoms. The molecule has 0 amide bonds. The first kappa shape index (κ1) is 15.3. The second-order valence-electron chi connectivity index (χ2n) is 5.83. The number of nitrogens with zero attached hydrogens (tertiary/aromatic N) is 5. The largest absolute Gasteiger partial charge is 0.466 e. The van der Waals surface area contributed by atoms with Crippen LogP contribution in [-0.4, -0.2) is 36.4 Å². The van der Waals surface area contributed by atoms with Gasteiger partial charge in [0, 0.05) is 12.4 Å². The first-order chi connectivity index (χ1) is 12.1. The van der Waals surface area contributed by atoms with Crippen molar-refractivity contribution >= 4 is 16.9 Å². The summed E-state index contributed by atoms with van der Waals surface area (Å²) >= 11 is 0. The zero-order valence-corrected chi connectivity index (χ0v) is 13.5. The van der Waals surface area contributed by atoms with Crippen molar-refractivity contribution in [3.8, 4) is 5.69 Å². The smallest absolute Gasteiger partial charge is 0.168 e. The van der Waals surface area contributed by atoms with Crippen LogP contribution in [0.2, 0.25) is 0 Å². The van der Waals surface area contributed by atoms with Gasteiger partial charge in [-0.25, -0.2) is 14.6 Å². The Morgan fingerprint density at radius 1 is 1.24 bits per heavy atom. The molecule has 126 valence electrons. The van der Waals surface area contributed by atoms with E-state index < -0.39 is 5.60 Å². The highest BCUT2D eigenvalue weighted by Crippen LogP contribution is 2.25. The predicted octanol–water partition coefficient (Wildman–Crippen LogP) is 2.12. The fraction of sp³-hybridized carbons (Fsp3) is 0.176. The lowest BCUT2D eigenvalue weighted by atomic mass is 10.0. The summed E-state index contributed by atoms with van der Waals surface area (Å²) in [6.07, 6.45) is 8.09. The van der Waals surface area contributed by atoms with E-state index in [0.29, 0.717) is 17.2 Å². The molecule has 0 aromatic carbocycles. The maximum atomic E-state index is 10.6. The van der Waals surface area contributed by atoms with E-state index in [1.165, 1.54) is 12.6 Å². The summed E-state index contributed by atoms with van der Waals surface area (Å²) < 4.78 is 7.01. The number of aromatic nitrogens is 5. The van der Waals surface area contributed by atoms with Crippen LogP contribution < -0.4 is 5.32 Å². The van der Waals surface area contributed by atoms with E-state index in [1.807, 2.05) is 12.1 Å². The standard InChI is InChI=1S/C17H16N6O2/c1-17(24,14-3-2-8-25-14)10-19-15-13-9-22-23(16(13)21-11-20-15)12-4-6-18-7-5-12/h2-9,11,24H,10H2,1H3,(H,19,20,21). The molecule has 0 aliphatic carbocycles. The van der Waals surface area contributed by atoms with Crippen LogP contribution in [0.3, 0.4) is 0 Å². The molecule has 0 saturated heterocycles. The highest BCUT2D eigenvalue weighted by Gasteiger charge is 2.26. The van der Waals surface area contributed by atoms with Gasteiger partial charge in [0.1, 0.15) is 23.5 Å². The van der Waals surface area contributed by atoms with E-state index in [4.69, 9.17) is 4.42 Å². The first-order valence-electron chi connectivity index (χ1n) is 7.74. The molecule has 8 nitrogen and oxygen atoms in total. The first-order valence-corrected chi connectivity index (χ1v) is 7.74. The van der Waals surface area contributed by atoms with E-state index in [9.17, 15) is 5.11 Å². The van der Waals surface area contributed by atoms with Gasteiger partial charge < -0.3 is 14.8 Å². The lowest BCUT2D eigenvalue weighted by molar-refractivity contribution is 0.0476. The average Bonchev–Trinajstić information content (AvgIpc) is 3.31. The van der Waals surface area contributed by atoms with Crippen LogP contribution in [0.5, 0.6) is 0 Å². The molecule has 2 N–H and O–H groups in total. The Kier molecular flexibility index (Phi) is 3.66. The van der Waals surface area contributed by atoms with Crippen molar-refractivity contribution < 1.29 is 9.52 Å². The predicted molar refractivity (Wildman–Crippen MR) is 91.2 cm³/mol. The molecule has 4 rings (SSSR count). The maximum Gasteiger partial charge on any atom is 0.168 e. The molecule has 4 heterocycles. The minimum Gasteiger partial charge on any atom is -0.466 e. The molecule has 0 aliphatic heterocycles. The second kappa shape index (κ2) is 5.99. The number of anilines is 1. The Hall–Kier alpha value is -3.26. The molecule has 4 aromatic heterocycles. The molecule has 0 aliphatic rings. The van der Waals surface area contributed by atoms with Crippen LogP contribution in [0.1, 0.15) is 12.7 Å². The van der Waals surface area contributed by atoms with Crippen LogP contribution in [0.25, 0.3) is 16.7 Å². The third kappa shape index (κ3) is 2.83. The lowest BCUT2D eigenvalue weighted by Crippen LogP contribution is -2.30. The summed E-state index contributed by atoms with van der Waals surface area (Å²) in [5.74, 6) is 1.08. The number of aliphatic hydroxyl groups is 1. The van der Waals surface area contributed by atoms with Gasteiger partial charge in [-0.2, -0.15) is 5.10 Å². The molecule has 0 fully saturated rings. The van der Waals surface area contributed by atoms with Crippen LogP contribution in [0.15, 0.2) is 59.9 Å². The maximum absolute atomic E-state index is 10.6. The highest BCUT2D eigenvalue weighted by atomic mass is 16.4. The van der Waals surface area contributed by atoms with Gasteiger partial charge in [0.15, 0.2) is 5.65 Å². The van der Waals surface area contributed by atoms with Crippen molar-refractivity contribution in [1.82, 2.24) is 24.7 Å². The molecule has 0 radical (unpaired) electrons. The molecule has 1 unspecified atom stereocenters. The Morgan fingerprint density at radius 2 is 2.08 bits per heavy atom. The third-order valence-corrected chi connectivity index (χ3v) is 3.93. The van der Waals surface area contributed by atoms with E-state index in [0.717, 1.165) is 11.1 Å². The topological polar surface area (TPSA) is 102 Å². The normalized spacial score (nSPS) is 13.7. The number of hydrogen-bond acceptors (Lipinski definition) is 7. The lowest BCUT2D eigenvalue weighted by Gasteiger charge is -2.21. The Morgan fingerprint density at radius 3 is 2.84 bits per heavy atom. The number of furan rings is 1. The van der Waals surface area contributed by atoms with E-state index in [1.54, 1.807) is 42.3 Å².